The van der Waals surface area contributed by atoms with Gasteiger partial charge >= 0.3 is 5.69 Å². The summed E-state index contributed by atoms with van der Waals surface area (Å²) in [6.45, 7) is 1.08. The molecule has 130 valence electrons. The van der Waals surface area contributed by atoms with Gasteiger partial charge in [-0.2, -0.15) is 5.10 Å². The van der Waals surface area contributed by atoms with Crippen LogP contribution in [0.5, 0.6) is 17.2 Å². The highest BCUT2D eigenvalue weighted by molar-refractivity contribution is 6.01. The van der Waals surface area contributed by atoms with Crippen molar-refractivity contribution in [3.05, 3.63) is 58.1 Å². The average molecular weight is 345 g/mol. The minimum absolute atomic E-state index is 0.0282. The Morgan fingerprint density at radius 2 is 2.00 bits per heavy atom. The molecule has 0 atom stereocenters. The van der Waals surface area contributed by atoms with Crippen molar-refractivity contribution in [1.82, 2.24) is 5.43 Å². The molecule has 0 aliphatic rings. The predicted molar refractivity (Wildman–Crippen MR) is 88.7 cm³/mol. The van der Waals surface area contributed by atoms with Gasteiger partial charge in [-0.15, -0.1) is 0 Å². The second-order valence-corrected chi connectivity index (χ2v) is 4.95. The topological polar surface area (TPSA) is 134 Å². The van der Waals surface area contributed by atoms with E-state index in [1.807, 2.05) is 0 Å². The lowest BCUT2D eigenvalue weighted by atomic mass is 10.1. The van der Waals surface area contributed by atoms with Crippen molar-refractivity contribution >= 4 is 17.3 Å². The van der Waals surface area contributed by atoms with Gasteiger partial charge in [-0.05, 0) is 25.1 Å². The first-order chi connectivity index (χ1) is 11.9. The Balaban J connectivity index is 1.98. The molecule has 0 radical (unpaired) electrons. The van der Waals surface area contributed by atoms with E-state index in [0.29, 0.717) is 11.3 Å². The van der Waals surface area contributed by atoms with Crippen LogP contribution in [-0.4, -0.2) is 33.4 Å². The van der Waals surface area contributed by atoms with E-state index < -0.39 is 17.4 Å². The van der Waals surface area contributed by atoms with Crippen LogP contribution >= 0.6 is 0 Å². The lowest BCUT2D eigenvalue weighted by Gasteiger charge is -2.07. The maximum absolute atomic E-state index is 11.8. The van der Waals surface area contributed by atoms with Crippen LogP contribution in [0.25, 0.3) is 0 Å². The number of aromatic hydroxyl groups is 2. The Labute approximate surface area is 142 Å². The molecule has 2 rings (SSSR count). The predicted octanol–water partition coefficient (Wildman–Crippen LogP) is 1.93. The molecule has 2 aromatic carbocycles. The van der Waals surface area contributed by atoms with E-state index in [4.69, 9.17) is 4.74 Å². The quantitative estimate of drug-likeness (QED) is 0.416. The zero-order valence-corrected chi connectivity index (χ0v) is 13.2. The number of carbonyl (C=O) groups is 1. The van der Waals surface area contributed by atoms with E-state index in [2.05, 4.69) is 10.5 Å². The smallest absolute Gasteiger partial charge is 0.310 e. The number of hydrogen-bond acceptors (Lipinski definition) is 7. The maximum Gasteiger partial charge on any atom is 0.310 e. The lowest BCUT2D eigenvalue weighted by Crippen LogP contribution is -2.25. The van der Waals surface area contributed by atoms with Gasteiger partial charge in [0.05, 0.1) is 10.6 Å². The average Bonchev–Trinajstić information content (AvgIpc) is 2.58. The fourth-order valence-corrected chi connectivity index (χ4v) is 1.94. The summed E-state index contributed by atoms with van der Waals surface area (Å²) >= 11 is 0. The number of amides is 1. The molecule has 0 spiro atoms. The first kappa shape index (κ1) is 17.7. The third-order valence-electron chi connectivity index (χ3n) is 3.14. The number of hydrogen-bond donors (Lipinski definition) is 3. The van der Waals surface area contributed by atoms with Crippen molar-refractivity contribution in [3.63, 3.8) is 0 Å². The molecule has 1 amide bonds. The van der Waals surface area contributed by atoms with Gasteiger partial charge < -0.3 is 14.9 Å². The first-order valence-electron chi connectivity index (χ1n) is 7.10. The number of nitro benzene ring substituents is 1. The second-order valence-electron chi connectivity index (χ2n) is 4.95. The molecule has 0 saturated carbocycles. The van der Waals surface area contributed by atoms with Crippen LogP contribution in [-0.2, 0) is 4.79 Å². The molecule has 0 fully saturated rings. The summed E-state index contributed by atoms with van der Waals surface area (Å²) in [6, 6.07) is 9.65. The molecule has 0 saturated heterocycles. The van der Waals surface area contributed by atoms with Crippen molar-refractivity contribution in [2.75, 3.05) is 6.61 Å². The number of para-hydroxylation sites is 2. The van der Waals surface area contributed by atoms with Gasteiger partial charge in [-0.3, -0.25) is 14.9 Å². The van der Waals surface area contributed by atoms with Crippen LogP contribution in [0.1, 0.15) is 12.5 Å². The number of nitrogens with zero attached hydrogens (tertiary/aromatic N) is 2. The molecule has 9 heteroatoms. The number of nitrogens with one attached hydrogen (secondary N) is 1. The van der Waals surface area contributed by atoms with E-state index in [9.17, 15) is 25.1 Å². The Kier molecular flexibility index (Phi) is 5.51. The minimum atomic E-state index is -0.629. The van der Waals surface area contributed by atoms with Gasteiger partial charge in [0.2, 0.25) is 0 Å². The molecule has 25 heavy (non-hydrogen) atoms. The van der Waals surface area contributed by atoms with Crippen LogP contribution in [0.2, 0.25) is 0 Å². The molecule has 3 N–H and O–H groups in total. The zero-order chi connectivity index (χ0) is 18.4. The Hall–Kier alpha value is -3.62. The summed E-state index contributed by atoms with van der Waals surface area (Å²) < 4.78 is 5.13. The van der Waals surface area contributed by atoms with Crippen molar-refractivity contribution in [1.29, 1.82) is 0 Å². The molecule has 0 unspecified atom stereocenters. The molecule has 9 nitrogen and oxygen atoms in total. The van der Waals surface area contributed by atoms with E-state index in [1.54, 1.807) is 13.0 Å². The Bertz CT molecular complexity index is 834. The summed E-state index contributed by atoms with van der Waals surface area (Å²) in [5, 5.41) is 33.6. The molecule has 0 aliphatic heterocycles. The molecule has 2 aromatic rings. The standard InChI is InChI=1S/C16H15N3O6/c1-10(12-7-6-11(20)8-14(12)21)17-18-16(22)9-25-15-5-3-2-4-13(15)19(23)24/h2-8,20-21H,9H2,1H3,(H,18,22)/b17-10+. The van der Waals surface area contributed by atoms with E-state index >= 15 is 0 Å². The van der Waals surface area contributed by atoms with Crippen molar-refractivity contribution in [2.45, 2.75) is 6.92 Å². The highest BCUT2D eigenvalue weighted by Gasteiger charge is 2.15. The van der Waals surface area contributed by atoms with Gasteiger partial charge in [0.1, 0.15) is 11.5 Å². The maximum atomic E-state index is 11.8. The van der Waals surface area contributed by atoms with Gasteiger partial charge in [0.25, 0.3) is 5.91 Å². The van der Waals surface area contributed by atoms with Gasteiger partial charge in [0.15, 0.2) is 12.4 Å². The number of nitro groups is 1. The largest absolute Gasteiger partial charge is 0.508 e. The van der Waals surface area contributed by atoms with Gasteiger partial charge in [0, 0.05) is 17.7 Å². The zero-order valence-electron chi connectivity index (χ0n) is 13.2. The van der Waals surface area contributed by atoms with Crippen LogP contribution in [0.15, 0.2) is 47.6 Å². The molecule has 0 aromatic heterocycles. The number of rotatable bonds is 6. The Morgan fingerprint density at radius 3 is 2.68 bits per heavy atom. The summed E-state index contributed by atoms with van der Waals surface area (Å²) in [7, 11) is 0. The van der Waals surface area contributed by atoms with E-state index in [0.717, 1.165) is 6.07 Å². The minimum Gasteiger partial charge on any atom is -0.508 e. The van der Waals surface area contributed by atoms with Crippen molar-refractivity contribution in [2.24, 2.45) is 5.10 Å². The number of phenols is 2. The molecule has 0 aliphatic carbocycles. The highest BCUT2D eigenvalue weighted by atomic mass is 16.6. The molecular formula is C16H15N3O6. The number of hydrazone groups is 1. The van der Waals surface area contributed by atoms with Crippen molar-refractivity contribution < 1.29 is 24.7 Å². The van der Waals surface area contributed by atoms with Crippen LogP contribution in [0, 0.1) is 10.1 Å². The number of benzene rings is 2. The first-order valence-corrected chi connectivity index (χ1v) is 7.10. The molecule has 0 bridgehead atoms. The number of phenolic OH excluding ortho intramolecular Hbond substituents is 2. The van der Waals surface area contributed by atoms with Gasteiger partial charge in [-0.1, -0.05) is 12.1 Å². The van der Waals surface area contributed by atoms with Gasteiger partial charge in [-0.25, -0.2) is 5.43 Å². The fourth-order valence-electron chi connectivity index (χ4n) is 1.94. The van der Waals surface area contributed by atoms with E-state index in [1.165, 1.54) is 30.3 Å². The third kappa shape index (κ3) is 4.67. The normalized spacial score (nSPS) is 11.0. The molecular weight excluding hydrogens is 330 g/mol. The Morgan fingerprint density at radius 1 is 1.28 bits per heavy atom. The summed E-state index contributed by atoms with van der Waals surface area (Å²) in [4.78, 5) is 22.0. The SMILES string of the molecule is C/C(=N\NC(=O)COc1ccccc1[N+](=O)[O-])c1ccc(O)cc1O. The van der Waals surface area contributed by atoms with Crippen LogP contribution < -0.4 is 10.2 Å². The number of ether oxygens (including phenoxy) is 1. The second kappa shape index (κ2) is 7.77. The number of carbonyl (C=O) groups excluding carboxylic acids is 1. The van der Waals surface area contributed by atoms with Crippen LogP contribution in [0.3, 0.4) is 0 Å². The highest BCUT2D eigenvalue weighted by Crippen LogP contribution is 2.25. The van der Waals surface area contributed by atoms with E-state index in [-0.39, 0.29) is 22.9 Å². The molecule has 0 heterocycles. The monoisotopic (exact) mass is 345 g/mol. The summed E-state index contributed by atoms with van der Waals surface area (Å²) in [6.07, 6.45) is 0. The van der Waals surface area contributed by atoms with Crippen LogP contribution in [0.4, 0.5) is 5.69 Å². The lowest BCUT2D eigenvalue weighted by molar-refractivity contribution is -0.385. The third-order valence-corrected chi connectivity index (χ3v) is 3.14. The summed E-state index contributed by atoms with van der Waals surface area (Å²) in [5.74, 6) is -0.946. The summed E-state index contributed by atoms with van der Waals surface area (Å²) in [5.41, 5.74) is 2.61. The fraction of sp³-hybridized carbons (Fsp3) is 0.125. The van der Waals surface area contributed by atoms with Crippen molar-refractivity contribution in [3.8, 4) is 17.2 Å².